The van der Waals surface area contributed by atoms with E-state index in [0.717, 1.165) is 68.7 Å². The molecule has 4 fully saturated rings. The summed E-state index contributed by atoms with van der Waals surface area (Å²) in [6.07, 6.45) is 5.79. The summed E-state index contributed by atoms with van der Waals surface area (Å²) in [5, 5.41) is 9.76. The van der Waals surface area contributed by atoms with E-state index in [1.807, 2.05) is 18.2 Å². The van der Waals surface area contributed by atoms with Gasteiger partial charge >= 0.3 is 0 Å². The maximum Gasteiger partial charge on any atom is 0.251 e. The van der Waals surface area contributed by atoms with Crippen LogP contribution < -0.4 is 20.9 Å². The lowest BCUT2D eigenvalue weighted by Gasteiger charge is -2.50. The fourth-order valence-corrected chi connectivity index (χ4v) is 7.20. The van der Waals surface area contributed by atoms with Gasteiger partial charge in [0, 0.05) is 61.9 Å². The van der Waals surface area contributed by atoms with Gasteiger partial charge in [-0.05, 0) is 84.6 Å². The Balaban J connectivity index is 1.13. The first kappa shape index (κ1) is 23.1. The number of nitrogens with one attached hydrogen (secondary N) is 3. The molecule has 0 spiro atoms. The van der Waals surface area contributed by atoms with Gasteiger partial charge in [0.2, 0.25) is 5.91 Å². The Morgan fingerprint density at radius 2 is 2.00 bits per heavy atom. The predicted molar refractivity (Wildman–Crippen MR) is 133 cm³/mol. The highest BCUT2D eigenvalue weighted by Gasteiger charge is 2.47. The van der Waals surface area contributed by atoms with E-state index in [0.29, 0.717) is 29.5 Å². The lowest BCUT2D eigenvalue weighted by Crippen LogP contribution is -2.64. The predicted octanol–water partition coefficient (Wildman–Crippen LogP) is 2.21. The molecule has 0 aromatic heterocycles. The minimum atomic E-state index is -0.0641. The van der Waals surface area contributed by atoms with Crippen LogP contribution in [-0.2, 0) is 4.79 Å². The van der Waals surface area contributed by atoms with E-state index in [4.69, 9.17) is 0 Å². The van der Waals surface area contributed by atoms with Crippen molar-refractivity contribution < 1.29 is 9.59 Å². The third-order valence-electron chi connectivity index (χ3n) is 8.31. The Bertz CT molecular complexity index is 888. The second kappa shape index (κ2) is 9.92. The summed E-state index contributed by atoms with van der Waals surface area (Å²) in [5.74, 6) is 1.68. The minimum Gasteiger partial charge on any atom is -0.368 e. The summed E-state index contributed by atoms with van der Waals surface area (Å²) in [7, 11) is 1.65. The van der Waals surface area contributed by atoms with Crippen LogP contribution in [0.3, 0.4) is 0 Å². The molecule has 33 heavy (non-hydrogen) atoms. The largest absolute Gasteiger partial charge is 0.368 e. The van der Waals surface area contributed by atoms with Gasteiger partial charge in [-0.1, -0.05) is 0 Å². The number of benzene rings is 1. The first-order valence-corrected chi connectivity index (χ1v) is 13.4. The van der Waals surface area contributed by atoms with Crippen molar-refractivity contribution in [2.45, 2.75) is 44.2 Å². The van der Waals surface area contributed by atoms with Crippen molar-refractivity contribution in [2.24, 2.45) is 17.8 Å². The molecule has 8 heteroatoms. The number of amides is 2. The second-order valence-electron chi connectivity index (χ2n) is 10.2. The highest BCUT2D eigenvalue weighted by molar-refractivity contribution is 9.10. The molecular formula is C25H36BrN5O2. The summed E-state index contributed by atoms with van der Waals surface area (Å²) in [4.78, 5) is 29.5. The van der Waals surface area contributed by atoms with E-state index in [1.54, 1.807) is 7.05 Å². The summed E-state index contributed by atoms with van der Waals surface area (Å²) in [6, 6.07) is 6.59. The fourth-order valence-electron chi connectivity index (χ4n) is 6.57. The smallest absolute Gasteiger partial charge is 0.251 e. The Hall–Kier alpha value is -1.64. The van der Waals surface area contributed by atoms with E-state index in [2.05, 4.69) is 41.7 Å². The van der Waals surface area contributed by atoms with E-state index in [9.17, 15) is 9.59 Å². The summed E-state index contributed by atoms with van der Waals surface area (Å²) in [6.45, 7) is 6.27. The van der Waals surface area contributed by atoms with E-state index < -0.39 is 0 Å². The molecule has 5 rings (SSSR count). The van der Waals surface area contributed by atoms with E-state index >= 15 is 0 Å². The molecule has 0 radical (unpaired) electrons. The normalized spacial score (nSPS) is 32.5. The van der Waals surface area contributed by atoms with Gasteiger partial charge in [0.05, 0.1) is 11.6 Å². The molecule has 180 valence electrons. The highest BCUT2D eigenvalue weighted by atomic mass is 79.9. The lowest BCUT2D eigenvalue weighted by atomic mass is 9.67. The van der Waals surface area contributed by atoms with Crippen LogP contribution in [0.4, 0.5) is 5.69 Å². The number of hydrogen-bond donors (Lipinski definition) is 3. The van der Waals surface area contributed by atoms with Crippen molar-refractivity contribution in [1.29, 1.82) is 0 Å². The zero-order valence-electron chi connectivity index (χ0n) is 19.5. The first-order chi connectivity index (χ1) is 16.0. The molecule has 2 amide bonds. The third-order valence-corrected chi connectivity index (χ3v) is 8.94. The highest BCUT2D eigenvalue weighted by Crippen LogP contribution is 2.39. The Kier molecular flexibility index (Phi) is 6.95. The molecule has 3 heterocycles. The van der Waals surface area contributed by atoms with Crippen molar-refractivity contribution in [2.75, 3.05) is 51.2 Å². The number of rotatable bonds is 4. The molecule has 0 bridgehead atoms. The summed E-state index contributed by atoms with van der Waals surface area (Å²) in [5.41, 5.74) is 1.83. The Morgan fingerprint density at radius 3 is 2.76 bits per heavy atom. The quantitative estimate of drug-likeness (QED) is 0.570. The molecule has 3 N–H and O–H groups in total. The molecule has 3 saturated heterocycles. The maximum absolute atomic E-state index is 12.7. The zero-order chi connectivity index (χ0) is 22.9. The van der Waals surface area contributed by atoms with Gasteiger partial charge in [-0.3, -0.25) is 14.5 Å². The monoisotopic (exact) mass is 517 g/mol. The second-order valence-corrected chi connectivity index (χ2v) is 11.1. The van der Waals surface area contributed by atoms with Crippen LogP contribution in [0, 0.1) is 17.8 Å². The number of halogens is 1. The molecule has 7 nitrogen and oxygen atoms in total. The Labute approximate surface area is 205 Å². The molecule has 1 aromatic rings. The fraction of sp³-hybridized carbons (Fsp3) is 0.680. The SMILES string of the molecule is CNC(=O)c1ccc(N2CCN(CC3CCC4C(C3)NC(=O)C3CCCNC34)CC2)c(Br)c1. The van der Waals surface area contributed by atoms with Crippen molar-refractivity contribution in [3.8, 4) is 0 Å². The number of nitrogens with zero attached hydrogens (tertiary/aromatic N) is 2. The molecule has 4 aliphatic rings. The van der Waals surface area contributed by atoms with Crippen LogP contribution in [-0.4, -0.2) is 75.1 Å². The van der Waals surface area contributed by atoms with Gasteiger partial charge in [-0.15, -0.1) is 0 Å². The van der Waals surface area contributed by atoms with Crippen LogP contribution in [0.1, 0.15) is 42.5 Å². The van der Waals surface area contributed by atoms with Gasteiger partial charge in [-0.2, -0.15) is 0 Å². The van der Waals surface area contributed by atoms with Gasteiger partial charge in [0.15, 0.2) is 0 Å². The van der Waals surface area contributed by atoms with Crippen molar-refractivity contribution in [3.63, 3.8) is 0 Å². The number of hydrogen-bond acceptors (Lipinski definition) is 5. The molecule has 1 aliphatic carbocycles. The number of carbonyl (C=O) groups is 2. The molecule has 1 aromatic carbocycles. The van der Waals surface area contributed by atoms with Gasteiger partial charge in [0.1, 0.15) is 0 Å². The lowest BCUT2D eigenvalue weighted by molar-refractivity contribution is -0.133. The van der Waals surface area contributed by atoms with Crippen molar-refractivity contribution in [1.82, 2.24) is 20.9 Å². The van der Waals surface area contributed by atoms with Gasteiger partial charge in [-0.25, -0.2) is 0 Å². The van der Waals surface area contributed by atoms with Crippen LogP contribution in [0.25, 0.3) is 0 Å². The molecular weight excluding hydrogens is 482 g/mol. The minimum absolute atomic E-state index is 0.0641. The zero-order valence-corrected chi connectivity index (χ0v) is 21.1. The average Bonchev–Trinajstić information content (AvgIpc) is 2.84. The number of carbonyl (C=O) groups excluding carboxylic acids is 2. The number of fused-ring (bicyclic) bond motifs is 3. The first-order valence-electron chi connectivity index (χ1n) is 12.6. The standard InChI is InChI=1S/C25H36BrN5O2/c1-27-24(32)17-5-7-22(20(26)14-17)31-11-9-30(10-12-31)15-16-4-6-18-21(13-16)29-25(33)19-3-2-8-28-23(18)19/h5,7,14,16,18-19,21,23,28H,2-4,6,8-13,15H2,1H3,(H,27,32)(H,29,33). The topological polar surface area (TPSA) is 76.7 Å². The Morgan fingerprint density at radius 1 is 1.18 bits per heavy atom. The van der Waals surface area contributed by atoms with Crippen LogP contribution >= 0.6 is 15.9 Å². The molecule has 5 atom stereocenters. The third kappa shape index (κ3) is 4.80. The average molecular weight is 519 g/mol. The van der Waals surface area contributed by atoms with Crippen molar-refractivity contribution >= 4 is 33.4 Å². The summed E-state index contributed by atoms with van der Waals surface area (Å²) >= 11 is 3.66. The summed E-state index contributed by atoms with van der Waals surface area (Å²) < 4.78 is 0.970. The van der Waals surface area contributed by atoms with Gasteiger partial charge in [0.25, 0.3) is 5.91 Å². The molecule has 1 saturated carbocycles. The van der Waals surface area contributed by atoms with Crippen LogP contribution in [0.15, 0.2) is 22.7 Å². The number of piperazine rings is 1. The van der Waals surface area contributed by atoms with Crippen LogP contribution in [0.2, 0.25) is 0 Å². The number of piperidine rings is 2. The maximum atomic E-state index is 12.7. The van der Waals surface area contributed by atoms with Crippen LogP contribution in [0.5, 0.6) is 0 Å². The molecule has 3 aliphatic heterocycles. The molecule has 5 unspecified atom stereocenters. The van der Waals surface area contributed by atoms with Gasteiger partial charge < -0.3 is 20.9 Å². The van der Waals surface area contributed by atoms with E-state index in [1.165, 1.54) is 12.8 Å². The van der Waals surface area contributed by atoms with Crippen molar-refractivity contribution in [3.05, 3.63) is 28.2 Å². The number of anilines is 1. The van der Waals surface area contributed by atoms with E-state index in [-0.39, 0.29) is 17.7 Å².